The van der Waals surface area contributed by atoms with Gasteiger partial charge in [-0.3, -0.25) is 0 Å². The lowest BCUT2D eigenvalue weighted by Gasteiger charge is -2.05. The van der Waals surface area contributed by atoms with Gasteiger partial charge in [0.1, 0.15) is 5.75 Å². The van der Waals surface area contributed by atoms with Gasteiger partial charge in [0, 0.05) is 6.08 Å². The number of carboxylic acid groups (broad SMARTS) is 1. The van der Waals surface area contributed by atoms with Crippen molar-refractivity contribution in [3.63, 3.8) is 0 Å². The summed E-state index contributed by atoms with van der Waals surface area (Å²) in [4.78, 5) is 10.2. The van der Waals surface area contributed by atoms with Crippen molar-refractivity contribution < 1.29 is 14.6 Å². The number of aryl methyl sites for hydroxylation is 1. The number of methoxy groups -OCH3 is 1. The summed E-state index contributed by atoms with van der Waals surface area (Å²) in [5.74, 6) is -0.0590. The summed E-state index contributed by atoms with van der Waals surface area (Å²) in [5, 5.41) is 8.40. The lowest BCUT2D eigenvalue weighted by Crippen LogP contribution is -1.91. The number of hydrogen-bond acceptors (Lipinski definition) is 2. The molecular formula is C12H14O3. The molecule has 0 fully saturated rings. The van der Waals surface area contributed by atoms with E-state index in [1.54, 1.807) is 13.2 Å². The first-order valence-corrected chi connectivity index (χ1v) is 4.75. The average molecular weight is 206 g/mol. The molecule has 0 aliphatic rings. The Morgan fingerprint density at radius 1 is 1.47 bits per heavy atom. The molecule has 1 N–H and O–H groups in total. The minimum absolute atomic E-state index is 0.701. The third-order valence-corrected chi connectivity index (χ3v) is 2.03. The molecule has 3 nitrogen and oxygen atoms in total. The summed E-state index contributed by atoms with van der Waals surface area (Å²) in [6.07, 6.45) is 4.30. The molecule has 1 aromatic carbocycles. The third kappa shape index (κ3) is 3.85. The van der Waals surface area contributed by atoms with Gasteiger partial charge in [-0.15, -0.1) is 0 Å². The van der Waals surface area contributed by atoms with E-state index in [0.717, 1.165) is 23.8 Å². The second kappa shape index (κ2) is 5.86. The highest BCUT2D eigenvalue weighted by molar-refractivity contribution is 5.79. The number of carboxylic acids is 1. The van der Waals surface area contributed by atoms with Crippen molar-refractivity contribution in [1.82, 2.24) is 0 Å². The molecule has 0 heterocycles. The van der Waals surface area contributed by atoms with Crippen LogP contribution >= 0.6 is 0 Å². The standard InChI is InChI=1S/C12H14O3/c1-15-11-8-4-2-6-10(11)7-3-5-9-12(13)14/h2,4-6,8-9H,3,7H2,1H3,(H,13,14)/b9-5+. The Hall–Kier alpha value is -1.77. The predicted octanol–water partition coefficient (Wildman–Crippen LogP) is 2.27. The van der Waals surface area contributed by atoms with Crippen LogP contribution in [0.5, 0.6) is 5.75 Å². The highest BCUT2D eigenvalue weighted by atomic mass is 16.5. The molecule has 3 heteroatoms. The quantitative estimate of drug-likeness (QED) is 0.752. The van der Waals surface area contributed by atoms with Crippen molar-refractivity contribution in [2.45, 2.75) is 12.8 Å². The summed E-state index contributed by atoms with van der Waals surface area (Å²) in [5.41, 5.74) is 1.09. The molecule has 0 aliphatic carbocycles. The molecule has 0 saturated carbocycles. The van der Waals surface area contributed by atoms with E-state index in [9.17, 15) is 4.79 Å². The van der Waals surface area contributed by atoms with E-state index in [-0.39, 0.29) is 0 Å². The molecule has 0 radical (unpaired) electrons. The first-order chi connectivity index (χ1) is 7.24. The van der Waals surface area contributed by atoms with Gasteiger partial charge in [-0.2, -0.15) is 0 Å². The van der Waals surface area contributed by atoms with E-state index in [4.69, 9.17) is 9.84 Å². The topological polar surface area (TPSA) is 46.5 Å². The second-order valence-electron chi connectivity index (χ2n) is 3.09. The number of carbonyl (C=O) groups is 1. The maximum atomic E-state index is 10.2. The van der Waals surface area contributed by atoms with Gasteiger partial charge in [-0.05, 0) is 24.5 Å². The van der Waals surface area contributed by atoms with Crippen LogP contribution in [0.1, 0.15) is 12.0 Å². The predicted molar refractivity (Wildman–Crippen MR) is 58.1 cm³/mol. The lowest BCUT2D eigenvalue weighted by molar-refractivity contribution is -0.131. The molecule has 0 unspecified atom stereocenters. The zero-order chi connectivity index (χ0) is 11.1. The maximum absolute atomic E-state index is 10.2. The van der Waals surface area contributed by atoms with Gasteiger partial charge >= 0.3 is 5.97 Å². The van der Waals surface area contributed by atoms with Gasteiger partial charge in [0.25, 0.3) is 0 Å². The fourth-order valence-electron chi connectivity index (χ4n) is 1.33. The summed E-state index contributed by atoms with van der Waals surface area (Å²) in [7, 11) is 1.63. The van der Waals surface area contributed by atoms with Gasteiger partial charge < -0.3 is 9.84 Å². The number of benzene rings is 1. The van der Waals surface area contributed by atoms with Crippen LogP contribution in [0.2, 0.25) is 0 Å². The molecule has 80 valence electrons. The Balaban J connectivity index is 2.53. The van der Waals surface area contributed by atoms with Crippen LogP contribution in [0.3, 0.4) is 0 Å². The normalized spacial score (nSPS) is 10.5. The Morgan fingerprint density at radius 3 is 2.87 bits per heavy atom. The number of rotatable bonds is 5. The average Bonchev–Trinajstić information content (AvgIpc) is 2.24. The largest absolute Gasteiger partial charge is 0.496 e. The molecule has 1 rings (SSSR count). The van der Waals surface area contributed by atoms with Gasteiger partial charge in [-0.1, -0.05) is 24.3 Å². The van der Waals surface area contributed by atoms with Gasteiger partial charge in [-0.25, -0.2) is 4.79 Å². The number of hydrogen-bond donors (Lipinski definition) is 1. The van der Waals surface area contributed by atoms with Crippen molar-refractivity contribution in [2.75, 3.05) is 7.11 Å². The summed E-state index contributed by atoms with van der Waals surface area (Å²) in [6.45, 7) is 0. The minimum Gasteiger partial charge on any atom is -0.496 e. The van der Waals surface area contributed by atoms with Crippen LogP contribution in [0, 0.1) is 0 Å². The molecule has 15 heavy (non-hydrogen) atoms. The van der Waals surface area contributed by atoms with Crippen molar-refractivity contribution in [3.8, 4) is 5.75 Å². The molecule has 1 aromatic rings. The van der Waals surface area contributed by atoms with E-state index >= 15 is 0 Å². The highest BCUT2D eigenvalue weighted by Crippen LogP contribution is 2.18. The van der Waals surface area contributed by atoms with Gasteiger partial charge in [0.05, 0.1) is 7.11 Å². The fourth-order valence-corrected chi connectivity index (χ4v) is 1.33. The highest BCUT2D eigenvalue weighted by Gasteiger charge is 1.99. The fraction of sp³-hybridized carbons (Fsp3) is 0.250. The zero-order valence-corrected chi connectivity index (χ0v) is 8.64. The van der Waals surface area contributed by atoms with Gasteiger partial charge in [0.2, 0.25) is 0 Å². The first-order valence-electron chi connectivity index (χ1n) is 4.75. The van der Waals surface area contributed by atoms with E-state index < -0.39 is 5.97 Å². The molecule has 0 bridgehead atoms. The van der Waals surface area contributed by atoms with Crippen LogP contribution in [-0.4, -0.2) is 18.2 Å². The third-order valence-electron chi connectivity index (χ3n) is 2.03. The molecule has 0 amide bonds. The summed E-state index contributed by atoms with van der Waals surface area (Å²) < 4.78 is 5.18. The second-order valence-corrected chi connectivity index (χ2v) is 3.09. The minimum atomic E-state index is -0.907. The van der Waals surface area contributed by atoms with E-state index in [1.807, 2.05) is 24.3 Å². The molecule has 0 atom stereocenters. The Kier molecular flexibility index (Phi) is 4.41. The van der Waals surface area contributed by atoms with Crippen LogP contribution < -0.4 is 4.74 Å². The van der Waals surface area contributed by atoms with Crippen molar-refractivity contribution in [1.29, 1.82) is 0 Å². The van der Waals surface area contributed by atoms with E-state index in [2.05, 4.69) is 0 Å². The Bertz CT molecular complexity index is 356. The Morgan fingerprint density at radius 2 is 2.20 bits per heavy atom. The van der Waals surface area contributed by atoms with Crippen molar-refractivity contribution >= 4 is 5.97 Å². The molecular weight excluding hydrogens is 192 g/mol. The van der Waals surface area contributed by atoms with Gasteiger partial charge in [0.15, 0.2) is 0 Å². The number of allylic oxidation sites excluding steroid dienone is 1. The lowest BCUT2D eigenvalue weighted by atomic mass is 10.1. The SMILES string of the molecule is COc1ccccc1CC/C=C/C(=O)O. The molecule has 0 spiro atoms. The van der Waals surface area contributed by atoms with Crippen molar-refractivity contribution in [3.05, 3.63) is 42.0 Å². The molecule has 0 aromatic heterocycles. The monoisotopic (exact) mass is 206 g/mol. The molecule has 0 aliphatic heterocycles. The van der Waals surface area contributed by atoms with Crippen LogP contribution in [0.4, 0.5) is 0 Å². The number of aliphatic carboxylic acids is 1. The zero-order valence-electron chi connectivity index (χ0n) is 8.64. The van der Waals surface area contributed by atoms with Crippen LogP contribution in [0.25, 0.3) is 0 Å². The molecule has 0 saturated heterocycles. The van der Waals surface area contributed by atoms with Crippen LogP contribution in [-0.2, 0) is 11.2 Å². The summed E-state index contributed by atoms with van der Waals surface area (Å²) in [6, 6.07) is 7.73. The number of ether oxygens (including phenoxy) is 1. The maximum Gasteiger partial charge on any atom is 0.327 e. The van der Waals surface area contributed by atoms with E-state index in [0.29, 0.717) is 6.42 Å². The number of para-hydroxylation sites is 1. The Labute approximate surface area is 89.0 Å². The van der Waals surface area contributed by atoms with E-state index in [1.165, 1.54) is 0 Å². The first kappa shape index (κ1) is 11.3. The van der Waals surface area contributed by atoms with Crippen molar-refractivity contribution in [2.24, 2.45) is 0 Å². The van der Waals surface area contributed by atoms with Crippen LogP contribution in [0.15, 0.2) is 36.4 Å². The smallest absolute Gasteiger partial charge is 0.327 e. The summed E-state index contributed by atoms with van der Waals surface area (Å²) >= 11 is 0.